The second-order valence-electron chi connectivity index (χ2n) is 4.34. The monoisotopic (exact) mass is 412 g/mol. The van der Waals surface area contributed by atoms with E-state index in [2.05, 4.69) is 27.6 Å². The van der Waals surface area contributed by atoms with Crippen molar-refractivity contribution in [3.63, 3.8) is 0 Å². The van der Waals surface area contributed by atoms with E-state index < -0.39 is 4.92 Å². The van der Waals surface area contributed by atoms with Crippen molar-refractivity contribution in [2.24, 2.45) is 0 Å². The van der Waals surface area contributed by atoms with Crippen LogP contribution in [0.2, 0.25) is 0 Å². The predicted molar refractivity (Wildman–Crippen MR) is 90.2 cm³/mol. The smallest absolute Gasteiger partial charge is 0.313 e. The number of ether oxygens (including phenoxy) is 1. The molecule has 0 aliphatic heterocycles. The molecule has 0 bridgehead atoms. The summed E-state index contributed by atoms with van der Waals surface area (Å²) in [5, 5.41) is 12.1. The second-order valence-corrected chi connectivity index (χ2v) is 6.82. The van der Waals surface area contributed by atoms with Gasteiger partial charge in [0.2, 0.25) is 5.75 Å². The molecule has 0 atom stereocenters. The van der Waals surface area contributed by atoms with Crippen LogP contribution >= 0.6 is 33.9 Å². The fourth-order valence-electron chi connectivity index (χ4n) is 1.94. The standard InChI is InChI=1S/C14H9IN2O3S/c1-8-16-11-6-13(12(17(18)19)7-14(11)21-8)20-10-4-2-3-9(15)5-10/h2-7H,1H3. The molecule has 0 aliphatic carbocycles. The maximum Gasteiger partial charge on any atom is 0.313 e. The van der Waals surface area contributed by atoms with Gasteiger partial charge in [0.05, 0.1) is 20.1 Å². The fourth-order valence-corrected chi connectivity index (χ4v) is 3.30. The molecule has 106 valence electrons. The van der Waals surface area contributed by atoms with Gasteiger partial charge in [-0.3, -0.25) is 10.1 Å². The Morgan fingerprint density at radius 2 is 2.14 bits per heavy atom. The number of nitrogens with zero attached hydrogens (tertiary/aromatic N) is 2. The summed E-state index contributed by atoms with van der Waals surface area (Å²) in [4.78, 5) is 15.2. The van der Waals surface area contributed by atoms with Crippen LogP contribution in [0.5, 0.6) is 11.5 Å². The van der Waals surface area contributed by atoms with Crippen LogP contribution in [-0.4, -0.2) is 9.91 Å². The number of halogens is 1. The second kappa shape index (κ2) is 5.57. The van der Waals surface area contributed by atoms with E-state index in [1.165, 1.54) is 17.4 Å². The van der Waals surface area contributed by atoms with Gasteiger partial charge in [-0.25, -0.2) is 4.98 Å². The highest BCUT2D eigenvalue weighted by Gasteiger charge is 2.19. The third kappa shape index (κ3) is 2.98. The first-order valence-corrected chi connectivity index (χ1v) is 7.91. The molecule has 1 heterocycles. The Labute approximate surface area is 137 Å². The minimum atomic E-state index is -0.433. The maximum atomic E-state index is 11.2. The van der Waals surface area contributed by atoms with Gasteiger partial charge in [0.25, 0.3) is 0 Å². The highest BCUT2D eigenvalue weighted by molar-refractivity contribution is 14.1. The van der Waals surface area contributed by atoms with Crippen molar-refractivity contribution in [1.82, 2.24) is 4.98 Å². The van der Waals surface area contributed by atoms with Crippen LogP contribution < -0.4 is 4.74 Å². The molecule has 0 saturated heterocycles. The normalized spacial score (nSPS) is 10.8. The highest BCUT2D eigenvalue weighted by atomic mass is 127. The Morgan fingerprint density at radius 3 is 2.86 bits per heavy atom. The third-order valence-electron chi connectivity index (χ3n) is 2.80. The first kappa shape index (κ1) is 14.2. The molecule has 1 aromatic heterocycles. The molecule has 0 aliphatic rings. The Kier molecular flexibility index (Phi) is 3.77. The van der Waals surface area contributed by atoms with Gasteiger partial charge in [0, 0.05) is 15.7 Å². The molecule has 3 aromatic rings. The van der Waals surface area contributed by atoms with Crippen molar-refractivity contribution in [2.75, 3.05) is 0 Å². The topological polar surface area (TPSA) is 65.3 Å². The number of nitro groups is 1. The summed E-state index contributed by atoms with van der Waals surface area (Å²) >= 11 is 3.59. The number of thiazole rings is 1. The molecule has 0 radical (unpaired) electrons. The van der Waals surface area contributed by atoms with Gasteiger partial charge in [-0.2, -0.15) is 0 Å². The Bertz CT molecular complexity index is 847. The summed E-state index contributed by atoms with van der Waals surface area (Å²) < 4.78 is 7.47. The van der Waals surface area contributed by atoms with Gasteiger partial charge in [-0.15, -0.1) is 11.3 Å². The summed E-state index contributed by atoms with van der Waals surface area (Å²) in [7, 11) is 0. The maximum absolute atomic E-state index is 11.2. The SMILES string of the molecule is Cc1nc2cc(Oc3cccc(I)c3)c([N+](=O)[O-])cc2s1. The van der Waals surface area contributed by atoms with Gasteiger partial charge < -0.3 is 4.74 Å². The minimum absolute atomic E-state index is 0.0509. The van der Waals surface area contributed by atoms with E-state index in [1.807, 2.05) is 25.1 Å². The first-order chi connectivity index (χ1) is 10.0. The lowest BCUT2D eigenvalue weighted by molar-refractivity contribution is -0.385. The summed E-state index contributed by atoms with van der Waals surface area (Å²) in [6, 6.07) is 10.5. The number of fused-ring (bicyclic) bond motifs is 1. The van der Waals surface area contributed by atoms with Crippen molar-refractivity contribution in [3.8, 4) is 11.5 Å². The van der Waals surface area contributed by atoms with Crippen LogP contribution in [0, 0.1) is 20.6 Å². The molecule has 0 saturated carbocycles. The van der Waals surface area contributed by atoms with Gasteiger partial charge >= 0.3 is 5.69 Å². The average Bonchev–Trinajstić information content (AvgIpc) is 2.76. The zero-order valence-corrected chi connectivity index (χ0v) is 13.8. The molecule has 21 heavy (non-hydrogen) atoms. The van der Waals surface area contributed by atoms with Crippen LogP contribution in [0.15, 0.2) is 36.4 Å². The molecule has 7 heteroatoms. The van der Waals surface area contributed by atoms with E-state index in [9.17, 15) is 10.1 Å². The minimum Gasteiger partial charge on any atom is -0.450 e. The van der Waals surface area contributed by atoms with Gasteiger partial charge in [0.15, 0.2) is 0 Å². The van der Waals surface area contributed by atoms with E-state index in [0.717, 1.165) is 13.3 Å². The number of hydrogen-bond donors (Lipinski definition) is 0. The zero-order chi connectivity index (χ0) is 15.0. The summed E-state index contributed by atoms with van der Waals surface area (Å²) in [6.45, 7) is 1.87. The van der Waals surface area contributed by atoms with Crippen LogP contribution in [0.3, 0.4) is 0 Å². The zero-order valence-electron chi connectivity index (χ0n) is 10.9. The Morgan fingerprint density at radius 1 is 1.33 bits per heavy atom. The van der Waals surface area contributed by atoms with Crippen LogP contribution in [0.1, 0.15) is 5.01 Å². The quantitative estimate of drug-likeness (QED) is 0.348. The van der Waals surface area contributed by atoms with Gasteiger partial charge in [0.1, 0.15) is 5.75 Å². The highest BCUT2D eigenvalue weighted by Crippen LogP contribution is 2.37. The van der Waals surface area contributed by atoms with Crippen LogP contribution in [-0.2, 0) is 0 Å². The lowest BCUT2D eigenvalue weighted by atomic mass is 10.2. The number of benzene rings is 2. The van der Waals surface area contributed by atoms with E-state index >= 15 is 0 Å². The molecule has 0 spiro atoms. The number of aryl methyl sites for hydroxylation is 1. The number of nitro benzene ring substituents is 1. The van der Waals surface area contributed by atoms with Crippen molar-refractivity contribution in [1.29, 1.82) is 0 Å². The molecule has 0 N–H and O–H groups in total. The first-order valence-electron chi connectivity index (χ1n) is 6.02. The molecule has 2 aromatic carbocycles. The molecule has 5 nitrogen and oxygen atoms in total. The number of rotatable bonds is 3. The number of hydrogen-bond acceptors (Lipinski definition) is 5. The lowest BCUT2D eigenvalue weighted by Crippen LogP contribution is -1.93. The Balaban J connectivity index is 2.11. The average molecular weight is 412 g/mol. The van der Waals surface area contributed by atoms with Crippen molar-refractivity contribution in [3.05, 3.63) is 55.1 Å². The molecular weight excluding hydrogens is 403 g/mol. The lowest BCUT2D eigenvalue weighted by Gasteiger charge is -2.06. The van der Waals surface area contributed by atoms with Crippen molar-refractivity contribution >= 4 is 49.8 Å². The van der Waals surface area contributed by atoms with E-state index in [-0.39, 0.29) is 11.4 Å². The van der Waals surface area contributed by atoms with E-state index in [1.54, 1.807) is 12.1 Å². The molecule has 3 rings (SSSR count). The predicted octanol–water partition coefficient (Wildman–Crippen LogP) is 4.91. The molecular formula is C14H9IN2O3S. The van der Waals surface area contributed by atoms with Gasteiger partial charge in [-0.05, 0) is 47.7 Å². The molecule has 0 unspecified atom stereocenters. The fraction of sp³-hybridized carbons (Fsp3) is 0.0714. The van der Waals surface area contributed by atoms with Crippen LogP contribution in [0.4, 0.5) is 5.69 Å². The van der Waals surface area contributed by atoms with Crippen molar-refractivity contribution in [2.45, 2.75) is 6.92 Å². The Hall–Kier alpha value is -1.74. The third-order valence-corrected chi connectivity index (χ3v) is 4.40. The van der Waals surface area contributed by atoms with Crippen LogP contribution in [0.25, 0.3) is 10.2 Å². The molecule has 0 fully saturated rings. The van der Waals surface area contributed by atoms with Crippen molar-refractivity contribution < 1.29 is 9.66 Å². The van der Waals surface area contributed by atoms with Gasteiger partial charge in [-0.1, -0.05) is 6.07 Å². The largest absolute Gasteiger partial charge is 0.450 e. The summed E-state index contributed by atoms with van der Waals surface area (Å²) in [6.07, 6.45) is 0. The summed E-state index contributed by atoms with van der Waals surface area (Å²) in [5.41, 5.74) is 0.661. The summed E-state index contributed by atoms with van der Waals surface area (Å²) in [5.74, 6) is 0.774. The number of aromatic nitrogens is 1. The van der Waals surface area contributed by atoms with E-state index in [4.69, 9.17) is 4.74 Å². The van der Waals surface area contributed by atoms with E-state index in [0.29, 0.717) is 11.3 Å². The molecule has 0 amide bonds.